The maximum atomic E-state index is 13.8. The van der Waals surface area contributed by atoms with Gasteiger partial charge in [0.2, 0.25) is 17.7 Å². The number of benzene rings is 2. The van der Waals surface area contributed by atoms with Gasteiger partial charge in [-0.1, -0.05) is 12.1 Å². The minimum atomic E-state index is -1.03. The summed E-state index contributed by atoms with van der Waals surface area (Å²) in [6, 6.07) is 7.11. The Morgan fingerprint density at radius 3 is 2.12 bits per heavy atom. The van der Waals surface area contributed by atoms with E-state index in [-0.39, 0.29) is 30.2 Å². The molecule has 2 aromatic carbocycles. The molecule has 2 aromatic rings. The first kappa shape index (κ1) is 30.9. The molecule has 0 radical (unpaired) electrons. The van der Waals surface area contributed by atoms with Gasteiger partial charge >= 0.3 is 0 Å². The van der Waals surface area contributed by atoms with Crippen LogP contribution in [0.2, 0.25) is 0 Å². The fraction of sp³-hybridized carbons (Fsp3) is 0.483. The molecule has 1 aliphatic heterocycles. The molecule has 0 spiro atoms. The van der Waals surface area contributed by atoms with E-state index >= 15 is 0 Å². The number of nitrogens with one attached hydrogen (secondary N) is 2. The zero-order valence-electron chi connectivity index (χ0n) is 23.1. The van der Waals surface area contributed by atoms with Crippen LogP contribution in [0.25, 0.3) is 11.1 Å². The number of amides is 3. The number of hydrogen-bond donors (Lipinski definition) is 7. The van der Waals surface area contributed by atoms with E-state index in [0.29, 0.717) is 56.4 Å². The van der Waals surface area contributed by atoms with Crippen molar-refractivity contribution < 1.29 is 24.6 Å². The second kappa shape index (κ2) is 14.6. The van der Waals surface area contributed by atoms with E-state index in [1.54, 1.807) is 30.3 Å². The highest BCUT2D eigenvalue weighted by molar-refractivity contribution is 5.93. The average Bonchev–Trinajstić information content (AvgIpc) is 2.94. The Labute approximate surface area is 235 Å². The minimum Gasteiger partial charge on any atom is -0.508 e. The lowest BCUT2D eigenvalue weighted by atomic mass is 9.95. The van der Waals surface area contributed by atoms with Gasteiger partial charge in [0.05, 0.1) is 6.04 Å². The van der Waals surface area contributed by atoms with Crippen LogP contribution in [0.5, 0.6) is 11.5 Å². The lowest BCUT2D eigenvalue weighted by Crippen LogP contribution is -2.57. The Balaban J connectivity index is 2.07. The highest BCUT2D eigenvalue weighted by atomic mass is 16.3. The van der Waals surface area contributed by atoms with Crippen molar-refractivity contribution in [1.29, 1.82) is 0 Å². The summed E-state index contributed by atoms with van der Waals surface area (Å²) < 4.78 is 0. The molecule has 10 N–H and O–H groups in total. The van der Waals surface area contributed by atoms with E-state index in [0.717, 1.165) is 17.5 Å². The molecule has 0 saturated carbocycles. The minimum absolute atomic E-state index is 0.00278. The number of rotatable bonds is 9. The lowest BCUT2D eigenvalue weighted by molar-refractivity contribution is -0.142. The Hall–Kier alpha value is -3.67. The molecule has 0 aromatic heterocycles. The molecule has 11 heteroatoms. The van der Waals surface area contributed by atoms with Gasteiger partial charge < -0.3 is 42.9 Å². The molecule has 40 heavy (non-hydrogen) atoms. The third-order valence-electron chi connectivity index (χ3n) is 7.29. The molecule has 11 nitrogen and oxygen atoms in total. The molecule has 1 aliphatic rings. The van der Waals surface area contributed by atoms with Crippen LogP contribution in [0, 0.1) is 0 Å². The number of carbonyl (C=O) groups excluding carboxylic acids is 3. The number of likely N-dealkylation sites (N-methyl/N-ethyl adjacent to an activating group) is 1. The van der Waals surface area contributed by atoms with Gasteiger partial charge in [0.15, 0.2) is 0 Å². The molecule has 4 bridgehead atoms. The maximum Gasteiger partial charge on any atom is 0.245 e. The van der Waals surface area contributed by atoms with Crippen LogP contribution in [-0.2, 0) is 27.2 Å². The number of nitrogens with zero attached hydrogens (tertiary/aromatic N) is 1. The van der Waals surface area contributed by atoms with Crippen molar-refractivity contribution in [2.24, 2.45) is 17.2 Å². The first-order valence-electron chi connectivity index (χ1n) is 13.8. The molecule has 0 saturated heterocycles. The third-order valence-corrected chi connectivity index (χ3v) is 7.29. The second-order valence-corrected chi connectivity index (χ2v) is 10.3. The van der Waals surface area contributed by atoms with Crippen LogP contribution in [0.4, 0.5) is 0 Å². The van der Waals surface area contributed by atoms with Crippen LogP contribution >= 0.6 is 0 Å². The summed E-state index contributed by atoms with van der Waals surface area (Å²) in [6.07, 6.45) is 3.06. The monoisotopic (exact) mass is 554 g/mol. The number of nitrogens with two attached hydrogens (primary N) is 3. The van der Waals surface area contributed by atoms with E-state index < -0.39 is 29.9 Å². The van der Waals surface area contributed by atoms with E-state index in [4.69, 9.17) is 17.2 Å². The van der Waals surface area contributed by atoms with Gasteiger partial charge in [0.1, 0.15) is 23.6 Å². The molecule has 218 valence electrons. The Kier molecular flexibility index (Phi) is 11.3. The molecule has 0 fully saturated rings. The van der Waals surface area contributed by atoms with Crippen molar-refractivity contribution in [2.45, 2.75) is 63.1 Å². The zero-order chi connectivity index (χ0) is 29.2. The fourth-order valence-electron chi connectivity index (χ4n) is 4.83. The van der Waals surface area contributed by atoms with Crippen molar-refractivity contribution in [3.05, 3.63) is 47.5 Å². The molecular formula is C29H42N6O5. The van der Waals surface area contributed by atoms with Crippen LogP contribution in [0.1, 0.15) is 43.2 Å². The van der Waals surface area contributed by atoms with Gasteiger partial charge in [-0.3, -0.25) is 14.4 Å². The van der Waals surface area contributed by atoms with Crippen LogP contribution < -0.4 is 27.8 Å². The largest absolute Gasteiger partial charge is 0.508 e. The van der Waals surface area contributed by atoms with Crippen molar-refractivity contribution in [2.75, 3.05) is 26.7 Å². The highest BCUT2D eigenvalue weighted by Gasteiger charge is 2.33. The second-order valence-electron chi connectivity index (χ2n) is 10.3. The highest BCUT2D eigenvalue weighted by Crippen LogP contribution is 2.31. The smallest absolute Gasteiger partial charge is 0.245 e. The summed E-state index contributed by atoms with van der Waals surface area (Å²) >= 11 is 0. The number of phenols is 2. The van der Waals surface area contributed by atoms with Crippen molar-refractivity contribution in [3.8, 4) is 22.6 Å². The van der Waals surface area contributed by atoms with Crippen LogP contribution in [0.3, 0.4) is 0 Å². The van der Waals surface area contributed by atoms with Gasteiger partial charge in [-0.25, -0.2) is 0 Å². The SMILES string of the molecule is CN1C(=O)[C@H](CCCCN)NC(=O)[C@@H](N)Cc2cc(ccc2O)-c2ccc(O)c(c2)C[C@H]1C(=O)NCCCCN. The topological polar surface area (TPSA) is 197 Å². The Morgan fingerprint density at radius 1 is 0.950 bits per heavy atom. The van der Waals surface area contributed by atoms with Gasteiger partial charge in [0.25, 0.3) is 0 Å². The lowest BCUT2D eigenvalue weighted by Gasteiger charge is -2.31. The predicted octanol–water partition coefficient (Wildman–Crippen LogP) is 0.487. The summed E-state index contributed by atoms with van der Waals surface area (Å²) in [7, 11) is 1.52. The summed E-state index contributed by atoms with van der Waals surface area (Å²) in [5, 5.41) is 26.8. The standard InChI is InChI=1S/C29H42N6O5/c1-35-24(28(39)33-13-5-4-12-31)17-21-15-19(8-10-26(21)37)18-7-9-25(36)20(14-18)16-22(32)27(38)34-23(29(35)40)6-2-3-11-30/h7-10,14-15,22-24,36-37H,2-6,11-13,16-17,30-32H2,1H3,(H,33,39)(H,34,38)/t22-,23-,24-/m0/s1. The molecule has 3 atom stereocenters. The number of carbonyl (C=O) groups is 3. The van der Waals surface area contributed by atoms with E-state index in [9.17, 15) is 24.6 Å². The first-order valence-corrected chi connectivity index (χ1v) is 13.8. The summed E-state index contributed by atoms with van der Waals surface area (Å²) in [5.41, 5.74) is 19.9. The molecule has 0 aliphatic carbocycles. The number of unbranched alkanes of at least 4 members (excludes halogenated alkanes) is 2. The fourth-order valence-corrected chi connectivity index (χ4v) is 4.83. The van der Waals surface area contributed by atoms with Gasteiger partial charge in [-0.05, 0) is 91.7 Å². The average molecular weight is 555 g/mol. The maximum absolute atomic E-state index is 13.8. The first-order chi connectivity index (χ1) is 19.2. The molecule has 0 unspecified atom stereocenters. The van der Waals surface area contributed by atoms with Crippen molar-refractivity contribution >= 4 is 17.7 Å². The third kappa shape index (κ3) is 7.93. The quantitative estimate of drug-likeness (QED) is 0.217. The number of hydrogen-bond acceptors (Lipinski definition) is 8. The van der Waals surface area contributed by atoms with Gasteiger partial charge in [-0.15, -0.1) is 0 Å². The number of fused-ring (bicyclic) bond motifs is 5. The predicted molar refractivity (Wildman–Crippen MR) is 153 cm³/mol. The molecule has 3 rings (SSSR count). The van der Waals surface area contributed by atoms with E-state index in [2.05, 4.69) is 10.6 Å². The Bertz CT molecular complexity index is 1190. The summed E-state index contributed by atoms with van der Waals surface area (Å²) in [4.78, 5) is 41.6. The van der Waals surface area contributed by atoms with Gasteiger partial charge in [0, 0.05) is 26.4 Å². The molecule has 1 heterocycles. The van der Waals surface area contributed by atoms with E-state index in [1.165, 1.54) is 18.0 Å². The van der Waals surface area contributed by atoms with E-state index in [1.807, 2.05) is 0 Å². The summed E-state index contributed by atoms with van der Waals surface area (Å²) in [6.45, 7) is 1.33. The summed E-state index contributed by atoms with van der Waals surface area (Å²) in [5.74, 6) is -1.38. The zero-order valence-corrected chi connectivity index (χ0v) is 23.1. The normalized spacial score (nSPS) is 19.9. The number of phenolic OH excluding ortho intramolecular Hbond substituents is 2. The molecule has 3 amide bonds. The van der Waals surface area contributed by atoms with Crippen molar-refractivity contribution in [3.63, 3.8) is 0 Å². The molecular weight excluding hydrogens is 512 g/mol. The van der Waals surface area contributed by atoms with Crippen LogP contribution in [0.15, 0.2) is 36.4 Å². The van der Waals surface area contributed by atoms with Crippen molar-refractivity contribution in [1.82, 2.24) is 15.5 Å². The van der Waals surface area contributed by atoms with Crippen LogP contribution in [-0.4, -0.2) is 77.6 Å². The number of aromatic hydroxyl groups is 2. The Morgan fingerprint density at radius 2 is 1.52 bits per heavy atom. The van der Waals surface area contributed by atoms with Gasteiger partial charge in [-0.2, -0.15) is 0 Å².